The van der Waals surface area contributed by atoms with Gasteiger partial charge >= 0.3 is 5.97 Å². The van der Waals surface area contributed by atoms with E-state index in [1.54, 1.807) is 0 Å². The van der Waals surface area contributed by atoms with Gasteiger partial charge in [-0.05, 0) is 23.8 Å². The summed E-state index contributed by atoms with van der Waals surface area (Å²) in [6.07, 6.45) is 1.08. The first-order chi connectivity index (χ1) is 7.52. The van der Waals surface area contributed by atoms with E-state index < -0.39 is 5.97 Å². The van der Waals surface area contributed by atoms with Crippen molar-refractivity contribution in [3.63, 3.8) is 0 Å². The molecule has 0 unspecified atom stereocenters. The summed E-state index contributed by atoms with van der Waals surface area (Å²) in [4.78, 5) is 14.5. The fraction of sp³-hybridized carbons (Fsp3) is 0. The minimum atomic E-state index is -1.12. The van der Waals surface area contributed by atoms with Gasteiger partial charge in [0.05, 0.1) is 17.5 Å². The number of nitrogens with zero attached hydrogens (tertiary/aromatic N) is 2. The minimum absolute atomic E-state index is 0.00241. The van der Waals surface area contributed by atoms with Crippen molar-refractivity contribution >= 4 is 23.8 Å². The summed E-state index contributed by atoms with van der Waals surface area (Å²) in [5, 5.41) is 20.0. The molecule has 0 aliphatic carbocycles. The lowest BCUT2D eigenvalue weighted by Crippen LogP contribution is -2.21. The van der Waals surface area contributed by atoms with Gasteiger partial charge in [-0.3, -0.25) is 0 Å². The third kappa shape index (κ3) is 2.98. The second-order valence-corrected chi connectivity index (χ2v) is 2.90. The average Bonchev–Trinajstić information content (AvgIpc) is 2.16. The maximum atomic E-state index is 10.8. The normalized spacial score (nSPS) is 10.2. The first kappa shape index (κ1) is 11.5. The van der Waals surface area contributed by atoms with E-state index in [4.69, 9.17) is 21.8 Å². The van der Waals surface area contributed by atoms with Crippen LogP contribution < -0.4 is 11.5 Å². The first-order valence-electron chi connectivity index (χ1n) is 4.18. The lowest BCUT2D eigenvalue weighted by atomic mass is 10.1. The summed E-state index contributed by atoms with van der Waals surface area (Å²) < 4.78 is 0. The van der Waals surface area contributed by atoms with Crippen LogP contribution in [-0.4, -0.2) is 28.5 Å². The zero-order valence-electron chi connectivity index (χ0n) is 8.16. The Morgan fingerprint density at radius 2 is 2.00 bits per heavy atom. The zero-order valence-corrected chi connectivity index (χ0v) is 8.16. The standard InChI is InChI=1S/C9H10N4O3/c10-9(11)13-7-2-5(4-12-16)1-6(3-7)8(14)15/h1-4,16H,(H,14,15)(H4,10,11,13)/b12-4+. The molecule has 0 aliphatic heterocycles. The monoisotopic (exact) mass is 222 g/mol. The summed E-state index contributed by atoms with van der Waals surface area (Å²) in [5.74, 6) is -1.31. The maximum absolute atomic E-state index is 10.8. The largest absolute Gasteiger partial charge is 0.478 e. The Labute approximate surface area is 90.7 Å². The van der Waals surface area contributed by atoms with Crippen LogP contribution in [0.2, 0.25) is 0 Å². The number of oxime groups is 1. The number of benzene rings is 1. The molecular formula is C9H10N4O3. The van der Waals surface area contributed by atoms with Gasteiger partial charge in [-0.2, -0.15) is 0 Å². The second kappa shape index (κ2) is 4.78. The molecule has 0 bridgehead atoms. The van der Waals surface area contributed by atoms with E-state index in [0.717, 1.165) is 6.21 Å². The molecule has 0 aliphatic rings. The highest BCUT2D eigenvalue weighted by molar-refractivity contribution is 5.93. The molecule has 0 saturated carbocycles. The van der Waals surface area contributed by atoms with Crippen molar-refractivity contribution in [3.8, 4) is 0 Å². The van der Waals surface area contributed by atoms with Crippen LogP contribution in [-0.2, 0) is 0 Å². The molecule has 0 spiro atoms. The van der Waals surface area contributed by atoms with Crippen molar-refractivity contribution in [2.75, 3.05) is 0 Å². The number of aromatic carboxylic acids is 1. The van der Waals surface area contributed by atoms with Gasteiger partial charge in [0.1, 0.15) is 0 Å². The number of rotatable bonds is 3. The number of hydrogen-bond donors (Lipinski definition) is 4. The second-order valence-electron chi connectivity index (χ2n) is 2.90. The highest BCUT2D eigenvalue weighted by Gasteiger charge is 2.06. The number of nitrogens with two attached hydrogens (primary N) is 2. The van der Waals surface area contributed by atoms with Gasteiger partial charge in [0.25, 0.3) is 0 Å². The molecule has 0 amide bonds. The van der Waals surface area contributed by atoms with E-state index in [2.05, 4.69) is 10.1 Å². The van der Waals surface area contributed by atoms with Crippen molar-refractivity contribution in [1.29, 1.82) is 0 Å². The molecule has 0 saturated heterocycles. The molecule has 0 aromatic heterocycles. The van der Waals surface area contributed by atoms with E-state index in [1.165, 1.54) is 18.2 Å². The smallest absolute Gasteiger partial charge is 0.335 e. The van der Waals surface area contributed by atoms with Crippen LogP contribution >= 0.6 is 0 Å². The van der Waals surface area contributed by atoms with E-state index in [-0.39, 0.29) is 17.2 Å². The summed E-state index contributed by atoms with van der Waals surface area (Å²) in [6, 6.07) is 4.11. The third-order valence-electron chi connectivity index (χ3n) is 1.65. The Morgan fingerprint density at radius 3 is 2.50 bits per heavy atom. The molecule has 0 fully saturated rings. The van der Waals surface area contributed by atoms with Gasteiger partial charge in [-0.25, -0.2) is 9.79 Å². The summed E-state index contributed by atoms with van der Waals surface area (Å²) in [5.41, 5.74) is 11.0. The number of hydrogen-bond acceptors (Lipinski definition) is 4. The molecule has 1 aromatic carbocycles. The Hall–Kier alpha value is -2.57. The minimum Gasteiger partial charge on any atom is -0.478 e. The van der Waals surface area contributed by atoms with Gasteiger partial charge in [-0.1, -0.05) is 5.16 Å². The highest BCUT2D eigenvalue weighted by atomic mass is 16.4. The molecule has 7 nitrogen and oxygen atoms in total. The summed E-state index contributed by atoms with van der Waals surface area (Å²) in [7, 11) is 0. The van der Waals surface area contributed by atoms with Crippen LogP contribution in [0.25, 0.3) is 0 Å². The highest BCUT2D eigenvalue weighted by Crippen LogP contribution is 2.17. The number of aliphatic imine (C=N–C) groups is 1. The summed E-state index contributed by atoms with van der Waals surface area (Å²) in [6.45, 7) is 0. The summed E-state index contributed by atoms with van der Waals surface area (Å²) >= 11 is 0. The lowest BCUT2D eigenvalue weighted by molar-refractivity contribution is 0.0697. The van der Waals surface area contributed by atoms with Gasteiger partial charge < -0.3 is 21.8 Å². The van der Waals surface area contributed by atoms with E-state index in [1.807, 2.05) is 0 Å². The number of carboxylic acids is 1. The van der Waals surface area contributed by atoms with E-state index >= 15 is 0 Å². The van der Waals surface area contributed by atoms with Crippen LogP contribution in [0.3, 0.4) is 0 Å². The number of guanidine groups is 1. The van der Waals surface area contributed by atoms with Crippen molar-refractivity contribution < 1.29 is 15.1 Å². The van der Waals surface area contributed by atoms with Gasteiger partial charge in [0.15, 0.2) is 5.96 Å². The van der Waals surface area contributed by atoms with Gasteiger partial charge in [0.2, 0.25) is 0 Å². The van der Waals surface area contributed by atoms with Crippen LogP contribution in [0.15, 0.2) is 28.3 Å². The van der Waals surface area contributed by atoms with E-state index in [0.29, 0.717) is 5.56 Å². The van der Waals surface area contributed by atoms with Crippen molar-refractivity contribution in [2.45, 2.75) is 0 Å². The van der Waals surface area contributed by atoms with Crippen LogP contribution in [0.1, 0.15) is 15.9 Å². The van der Waals surface area contributed by atoms with Crippen LogP contribution in [0.4, 0.5) is 5.69 Å². The predicted molar refractivity (Wildman–Crippen MR) is 58.3 cm³/mol. The van der Waals surface area contributed by atoms with E-state index in [9.17, 15) is 4.79 Å². The van der Waals surface area contributed by atoms with Crippen molar-refractivity contribution in [2.24, 2.45) is 21.6 Å². The molecule has 16 heavy (non-hydrogen) atoms. The Kier molecular flexibility index (Phi) is 3.44. The Morgan fingerprint density at radius 1 is 1.31 bits per heavy atom. The average molecular weight is 222 g/mol. The molecule has 0 atom stereocenters. The maximum Gasteiger partial charge on any atom is 0.335 e. The predicted octanol–water partition coefficient (Wildman–Crippen LogP) is 0.0978. The molecule has 7 heteroatoms. The molecule has 1 aromatic rings. The quantitative estimate of drug-likeness (QED) is 0.249. The molecule has 0 heterocycles. The van der Waals surface area contributed by atoms with Crippen molar-refractivity contribution in [1.82, 2.24) is 0 Å². The zero-order chi connectivity index (χ0) is 12.1. The SMILES string of the molecule is NC(N)=Nc1cc(/C=N/O)cc(C(=O)O)c1. The van der Waals surface area contributed by atoms with Crippen LogP contribution in [0.5, 0.6) is 0 Å². The fourth-order valence-electron chi connectivity index (χ4n) is 1.11. The van der Waals surface area contributed by atoms with Crippen LogP contribution in [0, 0.1) is 0 Å². The molecule has 1 rings (SSSR count). The lowest BCUT2D eigenvalue weighted by Gasteiger charge is -2.00. The third-order valence-corrected chi connectivity index (χ3v) is 1.65. The molecule has 6 N–H and O–H groups in total. The first-order valence-corrected chi connectivity index (χ1v) is 4.18. The fourth-order valence-corrected chi connectivity index (χ4v) is 1.11. The number of carboxylic acid groups (broad SMARTS) is 1. The molecular weight excluding hydrogens is 212 g/mol. The van der Waals surface area contributed by atoms with Gasteiger partial charge in [-0.15, -0.1) is 0 Å². The Bertz CT molecular complexity index is 464. The molecule has 84 valence electrons. The van der Waals surface area contributed by atoms with Gasteiger partial charge in [0, 0.05) is 0 Å². The topological polar surface area (TPSA) is 134 Å². The van der Waals surface area contributed by atoms with Crippen molar-refractivity contribution in [3.05, 3.63) is 29.3 Å². The molecule has 0 radical (unpaired) electrons. The Balaban J connectivity index is 3.29. The number of carbonyl (C=O) groups is 1.